The fraction of sp³-hybridized carbons (Fsp3) is 0. The van der Waals surface area contributed by atoms with Crippen molar-refractivity contribution in [3.8, 4) is 23.5 Å². The summed E-state index contributed by atoms with van der Waals surface area (Å²) in [6.45, 7) is 0. The molecule has 23 heavy (non-hydrogen) atoms. The van der Waals surface area contributed by atoms with Crippen molar-refractivity contribution in [2.45, 2.75) is 0 Å². The predicted octanol–water partition coefficient (Wildman–Crippen LogP) is 3.37. The van der Waals surface area contributed by atoms with E-state index in [1.807, 2.05) is 6.07 Å². The summed E-state index contributed by atoms with van der Waals surface area (Å²) in [5, 5.41) is 3.80. The van der Waals surface area contributed by atoms with E-state index in [9.17, 15) is 9.59 Å². The Morgan fingerprint density at radius 3 is 2.04 bits per heavy atom. The van der Waals surface area contributed by atoms with E-state index in [-0.39, 0.29) is 5.91 Å². The molecule has 3 nitrogen and oxygen atoms in total. The normalized spacial score (nSPS) is 12.8. The lowest BCUT2D eigenvalue weighted by Crippen LogP contribution is -2.34. The summed E-state index contributed by atoms with van der Waals surface area (Å²) in [6, 6.07) is 17.2. The van der Waals surface area contributed by atoms with Crippen LogP contribution in [0, 0.1) is 12.3 Å². The van der Waals surface area contributed by atoms with Gasteiger partial charge in [-0.3, -0.25) is 14.9 Å². The summed E-state index contributed by atoms with van der Waals surface area (Å²) >= 11 is 0. The number of carbonyl (C=O) groups is 2. The van der Waals surface area contributed by atoms with Crippen LogP contribution < -0.4 is 5.32 Å². The minimum Gasteiger partial charge on any atom is -0.288 e. The monoisotopic (exact) mass is 297 g/mol. The third-order valence-corrected chi connectivity index (χ3v) is 4.08. The molecule has 108 valence electrons. The van der Waals surface area contributed by atoms with Crippen LogP contribution in [0.25, 0.3) is 21.9 Å². The SMILES string of the molecule is C#Cc1cc2c3c(cccc3c1)C(=O)NC2=O.c1cc2ccc1-2. The van der Waals surface area contributed by atoms with E-state index in [4.69, 9.17) is 6.42 Å². The number of benzene rings is 3. The van der Waals surface area contributed by atoms with Gasteiger partial charge in [0.25, 0.3) is 11.8 Å². The average molecular weight is 297 g/mol. The van der Waals surface area contributed by atoms with E-state index in [1.165, 1.54) is 11.1 Å². The zero-order valence-corrected chi connectivity index (χ0v) is 12.1. The van der Waals surface area contributed by atoms with Crippen LogP contribution in [-0.2, 0) is 0 Å². The Morgan fingerprint density at radius 1 is 0.826 bits per heavy atom. The molecule has 1 heterocycles. The topological polar surface area (TPSA) is 46.2 Å². The van der Waals surface area contributed by atoms with Gasteiger partial charge in [-0.15, -0.1) is 6.42 Å². The van der Waals surface area contributed by atoms with Gasteiger partial charge in [-0.1, -0.05) is 42.3 Å². The lowest BCUT2D eigenvalue weighted by atomic mass is 9.93. The fourth-order valence-electron chi connectivity index (χ4n) is 2.78. The van der Waals surface area contributed by atoms with Crippen molar-refractivity contribution in [2.75, 3.05) is 0 Å². The summed E-state index contributed by atoms with van der Waals surface area (Å²) in [6.07, 6.45) is 5.34. The maximum absolute atomic E-state index is 11.8. The van der Waals surface area contributed by atoms with Gasteiger partial charge in [0.15, 0.2) is 0 Å². The second-order valence-corrected chi connectivity index (χ2v) is 5.43. The van der Waals surface area contributed by atoms with Gasteiger partial charge < -0.3 is 0 Å². The Labute approximate surface area is 132 Å². The zero-order valence-electron chi connectivity index (χ0n) is 12.1. The molecule has 0 spiro atoms. The van der Waals surface area contributed by atoms with Gasteiger partial charge in [0, 0.05) is 22.1 Å². The van der Waals surface area contributed by atoms with Gasteiger partial charge in [0.1, 0.15) is 0 Å². The van der Waals surface area contributed by atoms with Crippen LogP contribution in [0.2, 0.25) is 0 Å². The first kappa shape index (κ1) is 13.3. The third-order valence-electron chi connectivity index (χ3n) is 4.08. The number of hydrogen-bond acceptors (Lipinski definition) is 2. The number of nitrogens with one attached hydrogen (secondary N) is 1. The first-order valence-corrected chi connectivity index (χ1v) is 7.17. The maximum atomic E-state index is 11.8. The van der Waals surface area contributed by atoms with Crippen LogP contribution in [0.4, 0.5) is 0 Å². The molecule has 2 amide bonds. The van der Waals surface area contributed by atoms with Crippen molar-refractivity contribution in [3.05, 3.63) is 71.3 Å². The van der Waals surface area contributed by atoms with Crippen LogP contribution in [0.15, 0.2) is 54.6 Å². The molecule has 2 aromatic carbocycles. The molecule has 0 atom stereocenters. The number of hydrogen-bond donors (Lipinski definition) is 1. The maximum Gasteiger partial charge on any atom is 0.258 e. The lowest BCUT2D eigenvalue weighted by molar-refractivity contribution is 0.0845. The standard InChI is InChI=1S/C14H7NO2.C6H4/c1-2-8-6-9-4-3-5-10-12(9)11(7-8)14(17)15-13(10)16;1-2-6-4-3-5(1)6/h1,3-7H,(H,15,16,17);1-4H. The van der Waals surface area contributed by atoms with Crippen molar-refractivity contribution >= 4 is 22.6 Å². The highest BCUT2D eigenvalue weighted by Crippen LogP contribution is 2.29. The lowest BCUT2D eigenvalue weighted by Gasteiger charge is -2.16. The third kappa shape index (κ3) is 2.01. The highest BCUT2D eigenvalue weighted by molar-refractivity contribution is 6.25. The Hall–Kier alpha value is -3.38. The summed E-state index contributed by atoms with van der Waals surface area (Å²) in [4.78, 5) is 23.4. The van der Waals surface area contributed by atoms with E-state index in [0.717, 1.165) is 5.39 Å². The number of terminal acetylenes is 1. The van der Waals surface area contributed by atoms with Crippen molar-refractivity contribution in [1.29, 1.82) is 0 Å². The molecule has 0 fully saturated rings. The number of amides is 2. The number of fused-ring (bicyclic) bond motifs is 1. The molecule has 0 radical (unpaired) electrons. The summed E-state index contributed by atoms with van der Waals surface area (Å²) in [7, 11) is 0. The van der Waals surface area contributed by atoms with Gasteiger partial charge in [0.2, 0.25) is 0 Å². The van der Waals surface area contributed by atoms with E-state index in [1.54, 1.807) is 24.3 Å². The van der Waals surface area contributed by atoms with Crippen LogP contribution in [0.1, 0.15) is 26.3 Å². The summed E-state index contributed by atoms with van der Waals surface area (Å²) in [5.74, 6) is 1.75. The van der Waals surface area contributed by atoms with E-state index in [0.29, 0.717) is 22.1 Å². The Balaban J connectivity index is 0.000000186. The molecule has 3 heteroatoms. The molecule has 0 aromatic heterocycles. The first-order chi connectivity index (χ1) is 11.2. The van der Waals surface area contributed by atoms with Gasteiger partial charge in [-0.05, 0) is 34.7 Å². The highest BCUT2D eigenvalue weighted by Gasteiger charge is 2.24. The second kappa shape index (κ2) is 4.82. The van der Waals surface area contributed by atoms with Crippen LogP contribution in [0.5, 0.6) is 0 Å². The van der Waals surface area contributed by atoms with Crippen LogP contribution in [0.3, 0.4) is 0 Å². The Kier molecular flexibility index (Phi) is 2.79. The molecule has 0 unspecified atom stereocenters. The first-order valence-electron chi connectivity index (χ1n) is 7.17. The van der Waals surface area contributed by atoms with Crippen LogP contribution >= 0.6 is 0 Å². The number of rotatable bonds is 0. The van der Waals surface area contributed by atoms with Crippen molar-refractivity contribution < 1.29 is 9.59 Å². The highest BCUT2D eigenvalue weighted by atomic mass is 16.2. The molecule has 0 saturated heterocycles. The summed E-state index contributed by atoms with van der Waals surface area (Å²) in [5.41, 5.74) is 4.46. The van der Waals surface area contributed by atoms with Crippen LogP contribution in [-0.4, -0.2) is 11.8 Å². The van der Waals surface area contributed by atoms with Gasteiger partial charge >= 0.3 is 0 Å². The van der Waals surface area contributed by atoms with Gasteiger partial charge in [-0.25, -0.2) is 0 Å². The molecule has 3 aliphatic rings. The minimum atomic E-state index is -0.393. The molecule has 1 aliphatic heterocycles. The Morgan fingerprint density at radius 2 is 1.48 bits per heavy atom. The molecular weight excluding hydrogens is 286 g/mol. The molecule has 0 bridgehead atoms. The van der Waals surface area contributed by atoms with Crippen molar-refractivity contribution in [1.82, 2.24) is 5.32 Å². The molecule has 2 aliphatic carbocycles. The molecule has 2 aromatic rings. The average Bonchev–Trinajstić information content (AvgIpc) is 2.55. The Bertz CT molecular complexity index is 1000. The van der Waals surface area contributed by atoms with E-state index in [2.05, 4.69) is 35.5 Å². The van der Waals surface area contributed by atoms with Crippen molar-refractivity contribution in [3.63, 3.8) is 0 Å². The van der Waals surface area contributed by atoms with E-state index < -0.39 is 5.91 Å². The molecular formula is C20H11NO2. The number of imide groups is 1. The van der Waals surface area contributed by atoms with Crippen molar-refractivity contribution in [2.24, 2.45) is 0 Å². The smallest absolute Gasteiger partial charge is 0.258 e. The van der Waals surface area contributed by atoms with Gasteiger partial charge in [-0.2, -0.15) is 0 Å². The molecule has 0 saturated carbocycles. The fourth-order valence-corrected chi connectivity index (χ4v) is 2.78. The zero-order chi connectivity index (χ0) is 16.0. The number of carbonyl (C=O) groups excluding carboxylic acids is 2. The second-order valence-electron chi connectivity index (χ2n) is 5.43. The largest absolute Gasteiger partial charge is 0.288 e. The van der Waals surface area contributed by atoms with E-state index >= 15 is 0 Å². The molecule has 1 N–H and O–H groups in total. The minimum absolute atomic E-state index is 0.360. The summed E-state index contributed by atoms with van der Waals surface area (Å²) < 4.78 is 0. The quantitative estimate of drug-likeness (QED) is 0.399. The predicted molar refractivity (Wildman–Crippen MR) is 89.1 cm³/mol. The van der Waals surface area contributed by atoms with Gasteiger partial charge in [0.05, 0.1) is 0 Å². The molecule has 5 rings (SSSR count).